The van der Waals surface area contributed by atoms with E-state index in [0.717, 1.165) is 55.2 Å². The second kappa shape index (κ2) is 11.6. The fraction of sp³-hybridized carbons (Fsp3) is 0.800. The van der Waals surface area contributed by atoms with Gasteiger partial charge in [-0.25, -0.2) is 0 Å². The summed E-state index contributed by atoms with van der Waals surface area (Å²) in [6.07, 6.45) is 6.09. The Morgan fingerprint density at radius 3 is 2.57 bits per heavy atom. The number of nitrogens with one attached hydrogen (secondary N) is 2. The molecule has 1 heterocycles. The standard InChI is InChI=1S/C15H30N6S2/c1-12(2)11-21-13(19-20-15(21)23-5)7-6-8-17-14(16-3)18-9-10-22-4/h12H,6-11H2,1-5H3,(H2,16,17,18). The number of thioether (sulfide) groups is 2. The Bertz CT molecular complexity index is 473. The van der Waals surface area contributed by atoms with Crippen LogP contribution in [0.25, 0.3) is 0 Å². The number of nitrogens with zero attached hydrogens (tertiary/aromatic N) is 4. The maximum absolute atomic E-state index is 4.35. The minimum Gasteiger partial charge on any atom is -0.356 e. The quantitative estimate of drug-likeness (QED) is 0.289. The van der Waals surface area contributed by atoms with Gasteiger partial charge in [-0.1, -0.05) is 25.6 Å². The van der Waals surface area contributed by atoms with Crippen LogP contribution in [0.1, 0.15) is 26.1 Å². The minimum atomic E-state index is 0.591. The molecule has 0 radical (unpaired) electrons. The van der Waals surface area contributed by atoms with Crippen molar-refractivity contribution in [1.29, 1.82) is 0 Å². The summed E-state index contributed by atoms with van der Waals surface area (Å²) in [4.78, 5) is 4.23. The first kappa shape index (κ1) is 20.2. The van der Waals surface area contributed by atoms with E-state index in [4.69, 9.17) is 0 Å². The van der Waals surface area contributed by atoms with Crippen molar-refractivity contribution in [2.24, 2.45) is 10.9 Å². The lowest BCUT2D eigenvalue weighted by Crippen LogP contribution is -2.38. The lowest BCUT2D eigenvalue weighted by molar-refractivity contribution is 0.477. The van der Waals surface area contributed by atoms with Crippen LogP contribution in [0.3, 0.4) is 0 Å². The van der Waals surface area contributed by atoms with Crippen LogP contribution in [-0.2, 0) is 13.0 Å². The van der Waals surface area contributed by atoms with E-state index >= 15 is 0 Å². The van der Waals surface area contributed by atoms with E-state index in [0.29, 0.717) is 5.92 Å². The van der Waals surface area contributed by atoms with Crippen molar-refractivity contribution in [2.45, 2.75) is 38.4 Å². The molecule has 0 aromatic carbocycles. The molecule has 1 aromatic rings. The largest absolute Gasteiger partial charge is 0.356 e. The van der Waals surface area contributed by atoms with Gasteiger partial charge in [-0.05, 0) is 24.9 Å². The normalized spacial score (nSPS) is 12.0. The molecular weight excluding hydrogens is 328 g/mol. The highest BCUT2D eigenvalue weighted by atomic mass is 32.2. The maximum Gasteiger partial charge on any atom is 0.191 e. The molecule has 2 N–H and O–H groups in total. The topological polar surface area (TPSA) is 67.1 Å². The number of hydrogen-bond acceptors (Lipinski definition) is 5. The van der Waals surface area contributed by atoms with Gasteiger partial charge in [0.05, 0.1) is 0 Å². The first-order valence-corrected chi connectivity index (χ1v) is 10.6. The van der Waals surface area contributed by atoms with E-state index < -0.39 is 0 Å². The zero-order valence-electron chi connectivity index (χ0n) is 14.9. The maximum atomic E-state index is 4.35. The molecule has 1 aromatic heterocycles. The monoisotopic (exact) mass is 358 g/mol. The van der Waals surface area contributed by atoms with Crippen LogP contribution >= 0.6 is 23.5 Å². The van der Waals surface area contributed by atoms with Gasteiger partial charge in [0.1, 0.15) is 5.82 Å². The molecule has 0 fully saturated rings. The van der Waals surface area contributed by atoms with Crippen molar-refractivity contribution in [3.05, 3.63) is 5.82 Å². The molecule has 1 rings (SSSR count). The molecule has 0 atom stereocenters. The molecule has 0 aliphatic rings. The fourth-order valence-corrected chi connectivity index (χ4v) is 2.98. The number of rotatable bonds is 10. The third-order valence-corrected chi connectivity index (χ3v) is 4.50. The van der Waals surface area contributed by atoms with E-state index in [1.807, 2.05) is 11.8 Å². The SMILES string of the molecule is CN=C(NCCCc1nnc(SC)n1CC(C)C)NCCSC. The van der Waals surface area contributed by atoms with Gasteiger partial charge in [0.25, 0.3) is 0 Å². The number of aryl methyl sites for hydroxylation is 1. The smallest absolute Gasteiger partial charge is 0.191 e. The summed E-state index contributed by atoms with van der Waals surface area (Å²) >= 11 is 3.49. The van der Waals surface area contributed by atoms with Gasteiger partial charge in [0, 0.05) is 38.9 Å². The summed E-state index contributed by atoms with van der Waals surface area (Å²) < 4.78 is 2.25. The molecule has 23 heavy (non-hydrogen) atoms. The van der Waals surface area contributed by atoms with Crippen molar-refractivity contribution in [3.8, 4) is 0 Å². The lowest BCUT2D eigenvalue weighted by Gasteiger charge is -2.13. The first-order valence-electron chi connectivity index (χ1n) is 8.01. The Kier molecular flexibility index (Phi) is 10.2. The van der Waals surface area contributed by atoms with Crippen LogP contribution in [0.15, 0.2) is 10.1 Å². The van der Waals surface area contributed by atoms with E-state index in [1.54, 1.807) is 18.8 Å². The summed E-state index contributed by atoms with van der Waals surface area (Å²) in [6.45, 7) is 7.23. The molecule has 0 aliphatic heterocycles. The summed E-state index contributed by atoms with van der Waals surface area (Å²) in [5, 5.41) is 16.3. The first-order chi connectivity index (χ1) is 11.1. The Labute approximate surface area is 148 Å². The van der Waals surface area contributed by atoms with Gasteiger partial charge in [0.2, 0.25) is 0 Å². The molecule has 0 saturated heterocycles. The molecule has 132 valence electrons. The van der Waals surface area contributed by atoms with Crippen molar-refractivity contribution >= 4 is 29.5 Å². The average Bonchev–Trinajstić information content (AvgIpc) is 2.91. The molecule has 0 bridgehead atoms. The number of aliphatic imine (C=N–C) groups is 1. The predicted molar refractivity (Wildman–Crippen MR) is 103 cm³/mol. The second-order valence-electron chi connectivity index (χ2n) is 5.63. The van der Waals surface area contributed by atoms with Crippen molar-refractivity contribution in [3.63, 3.8) is 0 Å². The lowest BCUT2D eigenvalue weighted by atomic mass is 10.2. The predicted octanol–water partition coefficient (Wildman–Crippen LogP) is 2.12. The molecule has 0 saturated carbocycles. The molecule has 0 spiro atoms. The van der Waals surface area contributed by atoms with Crippen LogP contribution in [-0.4, -0.2) is 59.1 Å². The van der Waals surface area contributed by atoms with E-state index in [1.165, 1.54) is 0 Å². The molecule has 0 aliphatic carbocycles. The molecule has 8 heteroatoms. The highest BCUT2D eigenvalue weighted by Gasteiger charge is 2.12. The van der Waals surface area contributed by atoms with Crippen LogP contribution in [0.2, 0.25) is 0 Å². The second-order valence-corrected chi connectivity index (χ2v) is 7.39. The van der Waals surface area contributed by atoms with E-state index in [9.17, 15) is 0 Å². The number of hydrogen-bond donors (Lipinski definition) is 2. The molecular formula is C15H30N6S2. The summed E-state index contributed by atoms with van der Waals surface area (Å²) in [6, 6.07) is 0. The van der Waals surface area contributed by atoms with Crippen LogP contribution < -0.4 is 10.6 Å². The number of aromatic nitrogens is 3. The highest BCUT2D eigenvalue weighted by molar-refractivity contribution is 7.98. The van der Waals surface area contributed by atoms with Gasteiger partial charge in [-0.3, -0.25) is 4.99 Å². The Morgan fingerprint density at radius 1 is 1.22 bits per heavy atom. The van der Waals surface area contributed by atoms with Crippen molar-refractivity contribution in [1.82, 2.24) is 25.4 Å². The summed E-state index contributed by atoms with van der Waals surface area (Å²) in [5.74, 6) is 3.62. The zero-order valence-corrected chi connectivity index (χ0v) is 16.6. The van der Waals surface area contributed by atoms with E-state index in [-0.39, 0.29) is 0 Å². The van der Waals surface area contributed by atoms with Gasteiger partial charge in [0.15, 0.2) is 11.1 Å². The van der Waals surface area contributed by atoms with Crippen LogP contribution in [0, 0.1) is 5.92 Å². The van der Waals surface area contributed by atoms with Gasteiger partial charge < -0.3 is 15.2 Å². The Balaban J connectivity index is 2.42. The fourth-order valence-electron chi connectivity index (χ4n) is 2.15. The highest BCUT2D eigenvalue weighted by Crippen LogP contribution is 2.16. The third kappa shape index (κ3) is 7.48. The molecule has 0 amide bonds. The third-order valence-electron chi connectivity index (χ3n) is 3.22. The Hall–Kier alpha value is -0.890. The zero-order chi connectivity index (χ0) is 17.1. The summed E-state index contributed by atoms with van der Waals surface area (Å²) in [5.41, 5.74) is 0. The Morgan fingerprint density at radius 2 is 1.96 bits per heavy atom. The molecule has 0 unspecified atom stereocenters. The summed E-state index contributed by atoms with van der Waals surface area (Å²) in [7, 11) is 1.80. The molecule has 6 nitrogen and oxygen atoms in total. The van der Waals surface area contributed by atoms with Crippen LogP contribution in [0.5, 0.6) is 0 Å². The van der Waals surface area contributed by atoms with Gasteiger partial charge in [-0.2, -0.15) is 11.8 Å². The van der Waals surface area contributed by atoms with E-state index in [2.05, 4.69) is 56.7 Å². The van der Waals surface area contributed by atoms with Crippen molar-refractivity contribution in [2.75, 3.05) is 38.4 Å². The minimum absolute atomic E-state index is 0.591. The average molecular weight is 359 g/mol. The van der Waals surface area contributed by atoms with Crippen LogP contribution in [0.4, 0.5) is 0 Å². The van der Waals surface area contributed by atoms with Gasteiger partial charge in [-0.15, -0.1) is 10.2 Å². The number of guanidine groups is 1. The van der Waals surface area contributed by atoms with Gasteiger partial charge >= 0.3 is 0 Å². The van der Waals surface area contributed by atoms with Crippen molar-refractivity contribution < 1.29 is 0 Å².